The Bertz CT molecular complexity index is 397. The van der Waals surface area contributed by atoms with E-state index in [1.807, 2.05) is 19.9 Å². The Morgan fingerprint density at radius 1 is 1.56 bits per heavy atom. The van der Waals surface area contributed by atoms with Crippen LogP contribution < -0.4 is 10.6 Å². The van der Waals surface area contributed by atoms with Gasteiger partial charge in [-0.25, -0.2) is 0 Å². The number of carbonyl (C=O) groups is 1. The van der Waals surface area contributed by atoms with Crippen molar-refractivity contribution in [1.82, 2.24) is 15.8 Å². The molecule has 1 amide bonds. The third kappa shape index (κ3) is 3.57. The summed E-state index contributed by atoms with van der Waals surface area (Å²) in [6.07, 6.45) is 4.67. The lowest BCUT2D eigenvalue weighted by Gasteiger charge is -2.17. The maximum Gasteiger partial charge on any atom is 0.237 e. The fourth-order valence-electron chi connectivity index (χ4n) is 2.24. The molecule has 1 aromatic heterocycles. The van der Waals surface area contributed by atoms with Crippen molar-refractivity contribution < 1.29 is 9.32 Å². The van der Waals surface area contributed by atoms with Crippen LogP contribution in [0.1, 0.15) is 44.1 Å². The molecule has 0 spiro atoms. The van der Waals surface area contributed by atoms with Crippen molar-refractivity contribution in [1.29, 1.82) is 0 Å². The summed E-state index contributed by atoms with van der Waals surface area (Å²) in [4.78, 5) is 11.9. The van der Waals surface area contributed by atoms with E-state index >= 15 is 0 Å². The molecule has 1 aliphatic carbocycles. The molecule has 2 rings (SSSR count). The van der Waals surface area contributed by atoms with Crippen LogP contribution in [0, 0.1) is 6.92 Å². The number of aryl methyl sites for hydroxylation is 1. The average molecular weight is 251 g/mol. The molecule has 0 aliphatic heterocycles. The molecule has 1 atom stereocenters. The van der Waals surface area contributed by atoms with Crippen LogP contribution in [0.25, 0.3) is 0 Å². The van der Waals surface area contributed by atoms with Crippen LogP contribution in [0.4, 0.5) is 0 Å². The van der Waals surface area contributed by atoms with Gasteiger partial charge in [-0.15, -0.1) is 0 Å². The topological polar surface area (TPSA) is 67.2 Å². The van der Waals surface area contributed by atoms with Crippen LogP contribution >= 0.6 is 0 Å². The Hall–Kier alpha value is -1.36. The molecule has 0 aromatic carbocycles. The van der Waals surface area contributed by atoms with Crippen LogP contribution in [0.15, 0.2) is 10.6 Å². The highest BCUT2D eigenvalue weighted by Crippen LogP contribution is 2.17. The van der Waals surface area contributed by atoms with Gasteiger partial charge in [0.05, 0.1) is 18.3 Å². The number of hydrogen-bond acceptors (Lipinski definition) is 4. The fourth-order valence-corrected chi connectivity index (χ4v) is 2.24. The fraction of sp³-hybridized carbons (Fsp3) is 0.692. The normalized spacial score (nSPS) is 17.9. The zero-order valence-electron chi connectivity index (χ0n) is 11.0. The highest BCUT2D eigenvalue weighted by atomic mass is 16.5. The molecule has 2 N–H and O–H groups in total. The lowest BCUT2D eigenvalue weighted by Crippen LogP contribution is -2.45. The van der Waals surface area contributed by atoms with Gasteiger partial charge in [-0.3, -0.25) is 10.1 Å². The van der Waals surface area contributed by atoms with Crippen molar-refractivity contribution in [3.05, 3.63) is 17.5 Å². The number of rotatable bonds is 5. The largest absolute Gasteiger partial charge is 0.360 e. The molecule has 1 saturated carbocycles. The molecule has 0 bridgehead atoms. The van der Waals surface area contributed by atoms with E-state index in [9.17, 15) is 4.79 Å². The summed E-state index contributed by atoms with van der Waals surface area (Å²) in [6.45, 7) is 4.27. The van der Waals surface area contributed by atoms with Crippen LogP contribution in [0.2, 0.25) is 0 Å². The maximum absolute atomic E-state index is 11.9. The van der Waals surface area contributed by atoms with Crippen LogP contribution in [0.3, 0.4) is 0 Å². The zero-order valence-corrected chi connectivity index (χ0v) is 11.0. The minimum atomic E-state index is -0.212. The first-order chi connectivity index (χ1) is 8.65. The minimum absolute atomic E-state index is 0.0677. The van der Waals surface area contributed by atoms with E-state index in [2.05, 4.69) is 15.8 Å². The highest BCUT2D eigenvalue weighted by molar-refractivity contribution is 5.81. The molecule has 1 aliphatic rings. The number of hydrogen-bond donors (Lipinski definition) is 2. The summed E-state index contributed by atoms with van der Waals surface area (Å²) in [5.41, 5.74) is 0.856. The predicted molar refractivity (Wildman–Crippen MR) is 67.9 cm³/mol. The van der Waals surface area contributed by atoms with Gasteiger partial charge in [-0.05, 0) is 26.7 Å². The van der Waals surface area contributed by atoms with Crippen molar-refractivity contribution in [2.24, 2.45) is 0 Å². The first kappa shape index (κ1) is 13.1. The van der Waals surface area contributed by atoms with Crippen LogP contribution in [-0.2, 0) is 11.3 Å². The number of amides is 1. The van der Waals surface area contributed by atoms with Gasteiger partial charge in [0.2, 0.25) is 5.91 Å². The molecule has 5 heteroatoms. The maximum atomic E-state index is 11.9. The van der Waals surface area contributed by atoms with Gasteiger partial charge in [0.25, 0.3) is 0 Å². The third-order valence-electron chi connectivity index (χ3n) is 3.35. The summed E-state index contributed by atoms with van der Waals surface area (Å²) in [5, 5.41) is 10.0. The van der Waals surface area contributed by atoms with E-state index in [-0.39, 0.29) is 11.9 Å². The molecule has 1 aromatic rings. The Morgan fingerprint density at radius 3 is 2.89 bits per heavy atom. The highest BCUT2D eigenvalue weighted by Gasteiger charge is 2.20. The summed E-state index contributed by atoms with van der Waals surface area (Å²) in [7, 11) is 0. The zero-order chi connectivity index (χ0) is 13.0. The number of aromatic nitrogens is 1. The average Bonchev–Trinajstić information content (AvgIpc) is 2.97. The van der Waals surface area contributed by atoms with Crippen LogP contribution in [-0.4, -0.2) is 23.1 Å². The van der Waals surface area contributed by atoms with Gasteiger partial charge in [0.15, 0.2) is 5.76 Å². The second kappa shape index (κ2) is 6.00. The van der Waals surface area contributed by atoms with Crippen molar-refractivity contribution in [2.45, 2.75) is 58.2 Å². The minimum Gasteiger partial charge on any atom is -0.360 e. The van der Waals surface area contributed by atoms with E-state index in [1.165, 1.54) is 12.8 Å². The molecule has 18 heavy (non-hydrogen) atoms. The third-order valence-corrected chi connectivity index (χ3v) is 3.35. The van der Waals surface area contributed by atoms with Crippen molar-refractivity contribution in [3.63, 3.8) is 0 Å². The van der Waals surface area contributed by atoms with Gasteiger partial charge < -0.3 is 9.84 Å². The molecule has 0 saturated heterocycles. The second-order valence-electron chi connectivity index (χ2n) is 5.03. The molecule has 100 valence electrons. The standard InChI is InChI=1S/C13H21N3O2/c1-9-7-12(18-16-9)8-14-10(2)13(17)15-11-5-3-4-6-11/h7,10-11,14H,3-6,8H2,1-2H3,(H,15,17). The molecule has 0 radical (unpaired) electrons. The van der Waals surface area contributed by atoms with E-state index in [4.69, 9.17) is 4.52 Å². The van der Waals surface area contributed by atoms with E-state index in [0.717, 1.165) is 24.3 Å². The molecule has 5 nitrogen and oxygen atoms in total. The van der Waals surface area contributed by atoms with Gasteiger partial charge in [-0.1, -0.05) is 18.0 Å². The summed E-state index contributed by atoms with van der Waals surface area (Å²) in [6, 6.07) is 2.03. The van der Waals surface area contributed by atoms with Crippen molar-refractivity contribution in [3.8, 4) is 0 Å². The van der Waals surface area contributed by atoms with Gasteiger partial charge in [0, 0.05) is 12.1 Å². The van der Waals surface area contributed by atoms with E-state index in [0.29, 0.717) is 12.6 Å². The molecule has 1 unspecified atom stereocenters. The Kier molecular flexibility index (Phi) is 4.36. The number of nitrogens with zero attached hydrogens (tertiary/aromatic N) is 1. The Labute approximate surface area is 107 Å². The lowest BCUT2D eigenvalue weighted by molar-refractivity contribution is -0.123. The summed E-state index contributed by atoms with van der Waals surface area (Å²) in [5.74, 6) is 0.825. The van der Waals surface area contributed by atoms with Gasteiger partial charge >= 0.3 is 0 Å². The summed E-state index contributed by atoms with van der Waals surface area (Å²) >= 11 is 0. The van der Waals surface area contributed by atoms with Crippen molar-refractivity contribution in [2.75, 3.05) is 0 Å². The first-order valence-electron chi connectivity index (χ1n) is 6.61. The molecule has 1 fully saturated rings. The molecular weight excluding hydrogens is 230 g/mol. The Morgan fingerprint density at radius 2 is 2.28 bits per heavy atom. The van der Waals surface area contributed by atoms with Crippen LogP contribution in [0.5, 0.6) is 0 Å². The molecule has 1 heterocycles. The van der Waals surface area contributed by atoms with Gasteiger partial charge in [-0.2, -0.15) is 0 Å². The first-order valence-corrected chi connectivity index (χ1v) is 6.61. The van der Waals surface area contributed by atoms with E-state index < -0.39 is 0 Å². The number of nitrogens with one attached hydrogen (secondary N) is 2. The SMILES string of the molecule is Cc1cc(CNC(C)C(=O)NC2CCCC2)on1. The second-order valence-corrected chi connectivity index (χ2v) is 5.03. The lowest BCUT2D eigenvalue weighted by atomic mass is 10.2. The molecular formula is C13H21N3O2. The van der Waals surface area contributed by atoms with Gasteiger partial charge in [0.1, 0.15) is 0 Å². The van der Waals surface area contributed by atoms with Crippen molar-refractivity contribution >= 4 is 5.91 Å². The quantitative estimate of drug-likeness (QED) is 0.832. The number of carbonyl (C=O) groups excluding carboxylic acids is 1. The Balaban J connectivity index is 1.73. The monoisotopic (exact) mass is 251 g/mol. The van der Waals surface area contributed by atoms with E-state index in [1.54, 1.807) is 0 Å². The smallest absolute Gasteiger partial charge is 0.237 e. The summed E-state index contributed by atoms with van der Waals surface area (Å²) < 4.78 is 5.08. The predicted octanol–water partition coefficient (Wildman–Crippen LogP) is 1.52.